The smallest absolute Gasteiger partial charge is 0.316 e. The number of rotatable bonds is 5. The first-order valence-corrected chi connectivity index (χ1v) is 13.2. The SMILES string of the molecule is CC(C)(C)[C@@H]1CCc2c(sc(NC(=O)CSc3nc(-c4ccccc4)cc(C(F)(F)F)n3)c2C#N)C1. The van der Waals surface area contributed by atoms with Crippen molar-refractivity contribution >= 4 is 34.0 Å². The molecular weight excluding hydrogens is 505 g/mol. The third-order valence-corrected chi connectivity index (χ3v) is 8.27. The maximum atomic E-state index is 13.4. The summed E-state index contributed by atoms with van der Waals surface area (Å²) in [5.74, 6) is -0.121. The Hall–Kier alpha value is -2.90. The number of fused-ring (bicyclic) bond motifs is 1. The molecular formula is C26H25F3N4OS2. The summed E-state index contributed by atoms with van der Waals surface area (Å²) in [4.78, 5) is 21.7. The Morgan fingerprint density at radius 3 is 2.58 bits per heavy atom. The summed E-state index contributed by atoms with van der Waals surface area (Å²) in [6.45, 7) is 6.63. The van der Waals surface area contributed by atoms with E-state index < -0.39 is 17.8 Å². The normalized spacial score (nSPS) is 15.8. The van der Waals surface area contributed by atoms with E-state index in [2.05, 4.69) is 42.1 Å². The van der Waals surface area contributed by atoms with Gasteiger partial charge < -0.3 is 5.32 Å². The fourth-order valence-corrected chi connectivity index (χ4v) is 6.17. The summed E-state index contributed by atoms with van der Waals surface area (Å²) in [6, 6.07) is 11.6. The number of hydrogen-bond acceptors (Lipinski definition) is 6. The van der Waals surface area contributed by atoms with Gasteiger partial charge in [0, 0.05) is 10.4 Å². The van der Waals surface area contributed by atoms with E-state index >= 15 is 0 Å². The van der Waals surface area contributed by atoms with Gasteiger partial charge >= 0.3 is 6.18 Å². The number of nitrogens with one attached hydrogen (secondary N) is 1. The van der Waals surface area contributed by atoms with Gasteiger partial charge in [-0.05, 0) is 42.2 Å². The molecule has 10 heteroatoms. The molecule has 0 spiro atoms. The highest BCUT2D eigenvalue weighted by molar-refractivity contribution is 7.99. The monoisotopic (exact) mass is 530 g/mol. The molecule has 1 aromatic carbocycles. The summed E-state index contributed by atoms with van der Waals surface area (Å²) < 4.78 is 40.3. The van der Waals surface area contributed by atoms with Crippen molar-refractivity contribution in [1.29, 1.82) is 5.26 Å². The number of benzene rings is 1. The van der Waals surface area contributed by atoms with Gasteiger partial charge in [0.25, 0.3) is 0 Å². The van der Waals surface area contributed by atoms with Crippen molar-refractivity contribution in [3.63, 3.8) is 0 Å². The standard InChI is InChI=1S/C26H25F3N4OS2/c1-25(2,3)16-9-10-17-18(13-30)23(36-20(17)11-16)33-22(34)14-35-24-31-19(15-7-5-4-6-8-15)12-21(32-24)26(27,28)29/h4-8,12,16H,9-11,14H2,1-3H3,(H,33,34)/t16-/m1/s1. The fourth-order valence-electron chi connectivity index (χ4n) is 4.22. The van der Waals surface area contributed by atoms with Gasteiger partial charge in [0.2, 0.25) is 5.91 Å². The van der Waals surface area contributed by atoms with Crippen LogP contribution in [0.25, 0.3) is 11.3 Å². The maximum absolute atomic E-state index is 13.4. The van der Waals surface area contributed by atoms with Crippen molar-refractivity contribution in [2.75, 3.05) is 11.1 Å². The Bertz CT molecular complexity index is 1310. The van der Waals surface area contributed by atoms with E-state index in [-0.39, 0.29) is 22.0 Å². The summed E-state index contributed by atoms with van der Waals surface area (Å²) in [5, 5.41) is 12.9. The van der Waals surface area contributed by atoms with Crippen molar-refractivity contribution in [3.8, 4) is 17.3 Å². The second-order valence-electron chi connectivity index (χ2n) is 9.75. The molecule has 0 radical (unpaired) electrons. The van der Waals surface area contributed by atoms with E-state index in [0.29, 0.717) is 22.0 Å². The van der Waals surface area contributed by atoms with Crippen LogP contribution in [0.1, 0.15) is 48.9 Å². The van der Waals surface area contributed by atoms with Crippen LogP contribution in [0, 0.1) is 22.7 Å². The maximum Gasteiger partial charge on any atom is 0.433 e. The molecule has 2 heterocycles. The molecule has 0 unspecified atom stereocenters. The summed E-state index contributed by atoms with van der Waals surface area (Å²) in [7, 11) is 0. The van der Waals surface area contributed by atoms with E-state index in [1.54, 1.807) is 30.3 Å². The molecule has 1 aliphatic carbocycles. The quantitative estimate of drug-likeness (QED) is 0.284. The van der Waals surface area contributed by atoms with Crippen molar-refractivity contribution in [2.45, 2.75) is 51.4 Å². The highest BCUT2D eigenvalue weighted by Crippen LogP contribution is 2.44. The Kier molecular flexibility index (Phi) is 7.43. The molecule has 36 heavy (non-hydrogen) atoms. The number of carbonyl (C=O) groups is 1. The number of nitriles is 1. The summed E-state index contributed by atoms with van der Waals surface area (Å²) in [5.41, 5.74) is 1.23. The predicted molar refractivity (Wildman–Crippen MR) is 136 cm³/mol. The van der Waals surface area contributed by atoms with Gasteiger partial charge in [-0.25, -0.2) is 9.97 Å². The van der Waals surface area contributed by atoms with E-state index in [0.717, 1.165) is 47.5 Å². The second-order valence-corrected chi connectivity index (χ2v) is 11.8. The lowest BCUT2D eigenvalue weighted by molar-refractivity contribution is -0.141. The molecule has 1 N–H and O–H groups in total. The molecule has 188 valence electrons. The minimum absolute atomic E-state index is 0.131. The number of thiophene rings is 1. The van der Waals surface area contributed by atoms with E-state index in [9.17, 15) is 23.2 Å². The van der Waals surface area contributed by atoms with E-state index in [4.69, 9.17) is 0 Å². The van der Waals surface area contributed by atoms with Crippen LogP contribution in [-0.4, -0.2) is 21.6 Å². The summed E-state index contributed by atoms with van der Waals surface area (Å²) in [6.07, 6.45) is -2.00. The molecule has 2 aromatic heterocycles. The molecule has 0 saturated carbocycles. The number of thioether (sulfide) groups is 1. The minimum atomic E-state index is -4.65. The number of anilines is 1. The molecule has 3 aromatic rings. The van der Waals surface area contributed by atoms with Gasteiger partial charge in [0.1, 0.15) is 16.8 Å². The zero-order chi connectivity index (χ0) is 26.1. The Morgan fingerprint density at radius 2 is 1.94 bits per heavy atom. The highest BCUT2D eigenvalue weighted by Gasteiger charge is 2.34. The second kappa shape index (κ2) is 10.2. The molecule has 0 saturated heterocycles. The zero-order valence-electron chi connectivity index (χ0n) is 20.1. The van der Waals surface area contributed by atoms with Crippen LogP contribution in [0.4, 0.5) is 18.2 Å². The topological polar surface area (TPSA) is 78.7 Å². The van der Waals surface area contributed by atoms with Crippen LogP contribution in [-0.2, 0) is 23.8 Å². The lowest BCUT2D eigenvalue weighted by Gasteiger charge is -2.33. The minimum Gasteiger partial charge on any atom is -0.316 e. The van der Waals surface area contributed by atoms with Crippen molar-refractivity contribution < 1.29 is 18.0 Å². The zero-order valence-corrected chi connectivity index (χ0v) is 21.7. The number of alkyl halides is 3. The van der Waals surface area contributed by atoms with Crippen LogP contribution in [0.3, 0.4) is 0 Å². The number of halogens is 3. The molecule has 0 aliphatic heterocycles. The average molecular weight is 531 g/mol. The molecule has 5 nitrogen and oxygen atoms in total. The third kappa shape index (κ3) is 5.90. The van der Waals surface area contributed by atoms with Crippen molar-refractivity contribution in [3.05, 3.63) is 58.1 Å². The molecule has 1 amide bonds. The molecule has 4 rings (SSSR count). The van der Waals surface area contributed by atoms with Gasteiger partial charge in [-0.3, -0.25) is 4.79 Å². The lowest BCUT2D eigenvalue weighted by atomic mass is 9.72. The van der Waals surface area contributed by atoms with Crippen LogP contribution in [0.15, 0.2) is 41.6 Å². The van der Waals surface area contributed by atoms with Crippen LogP contribution < -0.4 is 5.32 Å². The number of carbonyl (C=O) groups excluding carboxylic acids is 1. The number of aromatic nitrogens is 2. The first-order valence-electron chi connectivity index (χ1n) is 11.4. The van der Waals surface area contributed by atoms with Crippen LogP contribution in [0.2, 0.25) is 0 Å². The molecule has 0 bridgehead atoms. The van der Waals surface area contributed by atoms with Gasteiger partial charge in [-0.15, -0.1) is 11.3 Å². The number of amides is 1. The molecule has 1 aliphatic rings. The fraction of sp³-hybridized carbons (Fsp3) is 0.385. The lowest BCUT2D eigenvalue weighted by Crippen LogP contribution is -2.26. The van der Waals surface area contributed by atoms with Gasteiger partial charge in [-0.1, -0.05) is 62.9 Å². The predicted octanol–water partition coefficient (Wildman–Crippen LogP) is 6.98. The average Bonchev–Trinajstić information content (AvgIpc) is 3.18. The first-order chi connectivity index (χ1) is 17.0. The Morgan fingerprint density at radius 1 is 1.22 bits per heavy atom. The third-order valence-electron chi connectivity index (χ3n) is 6.25. The molecule has 1 atom stereocenters. The van der Waals surface area contributed by atoms with E-state index in [1.165, 1.54) is 11.3 Å². The Labute approximate surface area is 216 Å². The van der Waals surface area contributed by atoms with Gasteiger partial charge in [0.15, 0.2) is 5.16 Å². The van der Waals surface area contributed by atoms with E-state index in [1.807, 2.05) is 0 Å². The van der Waals surface area contributed by atoms with Crippen LogP contribution in [0.5, 0.6) is 0 Å². The van der Waals surface area contributed by atoms with Crippen molar-refractivity contribution in [1.82, 2.24) is 9.97 Å². The van der Waals surface area contributed by atoms with Gasteiger partial charge in [0.05, 0.1) is 17.0 Å². The van der Waals surface area contributed by atoms with Crippen molar-refractivity contribution in [2.24, 2.45) is 11.3 Å². The first kappa shape index (κ1) is 26.2. The van der Waals surface area contributed by atoms with Gasteiger partial charge in [-0.2, -0.15) is 18.4 Å². The Balaban J connectivity index is 1.50. The van der Waals surface area contributed by atoms with Crippen LogP contribution >= 0.6 is 23.1 Å². The largest absolute Gasteiger partial charge is 0.433 e. The number of hydrogen-bond donors (Lipinski definition) is 1. The number of nitrogens with zero attached hydrogens (tertiary/aromatic N) is 3. The molecule has 0 fully saturated rings. The highest BCUT2D eigenvalue weighted by atomic mass is 32.2. The summed E-state index contributed by atoms with van der Waals surface area (Å²) >= 11 is 2.24.